The standard InChI is InChI=1S/C15H27NO3/c1-4-15(8-6-5-7-9-15)14(19)16-12(13(17)18)10-11(2)3/h11-12H,4-10H2,1-3H3,(H,16,19)(H,17,18)/t12-/m1/s1. The summed E-state index contributed by atoms with van der Waals surface area (Å²) in [6.07, 6.45) is 6.40. The van der Waals surface area contributed by atoms with Crippen molar-refractivity contribution in [2.75, 3.05) is 0 Å². The maximum absolute atomic E-state index is 12.5. The number of aliphatic carboxylic acids is 1. The zero-order chi connectivity index (χ0) is 14.5. The van der Waals surface area contributed by atoms with Gasteiger partial charge < -0.3 is 10.4 Å². The third-order valence-electron chi connectivity index (χ3n) is 4.28. The van der Waals surface area contributed by atoms with E-state index in [4.69, 9.17) is 0 Å². The molecule has 0 aromatic rings. The largest absolute Gasteiger partial charge is 0.480 e. The molecule has 110 valence electrons. The van der Waals surface area contributed by atoms with Crippen molar-refractivity contribution in [2.24, 2.45) is 11.3 Å². The van der Waals surface area contributed by atoms with E-state index in [-0.39, 0.29) is 17.2 Å². The number of rotatable bonds is 6. The lowest BCUT2D eigenvalue weighted by Gasteiger charge is -2.36. The lowest BCUT2D eigenvalue weighted by atomic mass is 9.71. The summed E-state index contributed by atoms with van der Waals surface area (Å²) in [5.41, 5.74) is -0.330. The van der Waals surface area contributed by atoms with Gasteiger partial charge in [0.25, 0.3) is 0 Å². The minimum absolute atomic E-state index is 0.0530. The molecule has 2 N–H and O–H groups in total. The summed E-state index contributed by atoms with van der Waals surface area (Å²) in [4.78, 5) is 23.7. The average Bonchev–Trinajstić information content (AvgIpc) is 2.38. The van der Waals surface area contributed by atoms with Crippen LogP contribution < -0.4 is 5.32 Å². The molecule has 1 amide bonds. The summed E-state index contributed by atoms with van der Waals surface area (Å²) in [6, 6.07) is -0.752. The molecule has 0 radical (unpaired) electrons. The Bertz CT molecular complexity index is 319. The SMILES string of the molecule is CCC1(C(=O)N[C@H](CC(C)C)C(=O)O)CCCCC1. The normalized spacial score (nSPS) is 20.0. The van der Waals surface area contributed by atoms with Crippen LogP contribution in [-0.2, 0) is 9.59 Å². The summed E-state index contributed by atoms with van der Waals surface area (Å²) in [6.45, 7) is 5.97. The Morgan fingerprint density at radius 1 is 1.21 bits per heavy atom. The second-order valence-electron chi connectivity index (χ2n) is 6.19. The minimum atomic E-state index is -0.927. The number of nitrogens with one attached hydrogen (secondary N) is 1. The van der Waals surface area contributed by atoms with Crippen LogP contribution in [0.5, 0.6) is 0 Å². The highest BCUT2D eigenvalue weighted by Gasteiger charge is 2.39. The molecule has 1 aliphatic carbocycles. The van der Waals surface area contributed by atoms with E-state index >= 15 is 0 Å². The summed E-state index contributed by atoms with van der Waals surface area (Å²) in [5, 5.41) is 12.0. The molecular weight excluding hydrogens is 242 g/mol. The fraction of sp³-hybridized carbons (Fsp3) is 0.867. The fourth-order valence-corrected chi connectivity index (χ4v) is 2.97. The average molecular weight is 269 g/mol. The predicted molar refractivity (Wildman–Crippen MR) is 74.8 cm³/mol. The number of hydrogen-bond donors (Lipinski definition) is 2. The molecule has 1 saturated carbocycles. The van der Waals surface area contributed by atoms with Gasteiger partial charge in [0.1, 0.15) is 6.04 Å². The molecule has 0 heterocycles. The Morgan fingerprint density at radius 2 is 1.79 bits per heavy atom. The molecule has 1 atom stereocenters. The smallest absolute Gasteiger partial charge is 0.326 e. The van der Waals surface area contributed by atoms with Crippen molar-refractivity contribution in [3.8, 4) is 0 Å². The molecule has 4 nitrogen and oxygen atoms in total. The Morgan fingerprint density at radius 3 is 2.21 bits per heavy atom. The van der Waals surface area contributed by atoms with E-state index in [0.717, 1.165) is 32.1 Å². The third kappa shape index (κ3) is 4.22. The topological polar surface area (TPSA) is 66.4 Å². The van der Waals surface area contributed by atoms with E-state index in [0.29, 0.717) is 6.42 Å². The van der Waals surface area contributed by atoms with Crippen molar-refractivity contribution < 1.29 is 14.7 Å². The molecule has 4 heteroatoms. The van der Waals surface area contributed by atoms with Gasteiger partial charge in [0.05, 0.1) is 0 Å². The highest BCUT2D eigenvalue weighted by molar-refractivity contribution is 5.87. The summed E-state index contributed by atoms with van der Waals surface area (Å²) in [5.74, 6) is -0.725. The van der Waals surface area contributed by atoms with E-state index < -0.39 is 12.0 Å². The number of carbonyl (C=O) groups excluding carboxylic acids is 1. The first-order valence-electron chi connectivity index (χ1n) is 7.45. The van der Waals surface area contributed by atoms with Crippen molar-refractivity contribution in [3.05, 3.63) is 0 Å². The van der Waals surface area contributed by atoms with Gasteiger partial charge in [0.2, 0.25) is 5.91 Å². The van der Waals surface area contributed by atoms with Gasteiger partial charge in [-0.1, -0.05) is 40.0 Å². The Kier molecular flexibility index (Phi) is 5.83. The van der Waals surface area contributed by atoms with Gasteiger partial charge in [-0.25, -0.2) is 4.79 Å². The number of carbonyl (C=O) groups is 2. The zero-order valence-electron chi connectivity index (χ0n) is 12.4. The van der Waals surface area contributed by atoms with E-state index in [1.54, 1.807) is 0 Å². The molecule has 1 aliphatic rings. The predicted octanol–water partition coefficient (Wildman–Crippen LogP) is 2.96. The fourth-order valence-electron chi connectivity index (χ4n) is 2.97. The van der Waals surface area contributed by atoms with Gasteiger partial charge in [-0.3, -0.25) is 4.79 Å². The maximum atomic E-state index is 12.5. The molecule has 19 heavy (non-hydrogen) atoms. The summed E-state index contributed by atoms with van der Waals surface area (Å²) < 4.78 is 0. The molecule has 0 aliphatic heterocycles. The quantitative estimate of drug-likeness (QED) is 0.779. The Labute approximate surface area is 116 Å². The van der Waals surface area contributed by atoms with Crippen LogP contribution in [0, 0.1) is 11.3 Å². The molecule has 0 saturated heterocycles. The number of amides is 1. The van der Waals surface area contributed by atoms with Crippen LogP contribution in [0.4, 0.5) is 0 Å². The minimum Gasteiger partial charge on any atom is -0.480 e. The second-order valence-corrected chi connectivity index (χ2v) is 6.19. The van der Waals surface area contributed by atoms with Crippen LogP contribution >= 0.6 is 0 Å². The number of carboxylic acid groups (broad SMARTS) is 1. The number of hydrogen-bond acceptors (Lipinski definition) is 2. The van der Waals surface area contributed by atoms with E-state index in [9.17, 15) is 14.7 Å². The van der Waals surface area contributed by atoms with E-state index in [2.05, 4.69) is 5.32 Å². The highest BCUT2D eigenvalue weighted by Crippen LogP contribution is 2.39. The summed E-state index contributed by atoms with van der Waals surface area (Å²) >= 11 is 0. The molecular formula is C15H27NO3. The van der Waals surface area contributed by atoms with Gasteiger partial charge in [0.15, 0.2) is 0 Å². The van der Waals surface area contributed by atoms with Crippen LogP contribution in [0.25, 0.3) is 0 Å². The van der Waals surface area contributed by atoms with E-state index in [1.165, 1.54) is 6.42 Å². The van der Waals surface area contributed by atoms with Crippen molar-refractivity contribution in [1.29, 1.82) is 0 Å². The molecule has 0 spiro atoms. The van der Waals surface area contributed by atoms with Crippen molar-refractivity contribution >= 4 is 11.9 Å². The maximum Gasteiger partial charge on any atom is 0.326 e. The van der Waals surface area contributed by atoms with Crippen LogP contribution in [0.2, 0.25) is 0 Å². The van der Waals surface area contributed by atoms with Gasteiger partial charge in [-0.05, 0) is 31.6 Å². The van der Waals surface area contributed by atoms with Crippen LogP contribution in [-0.4, -0.2) is 23.0 Å². The first-order valence-corrected chi connectivity index (χ1v) is 7.45. The van der Waals surface area contributed by atoms with Crippen LogP contribution in [0.3, 0.4) is 0 Å². The third-order valence-corrected chi connectivity index (χ3v) is 4.28. The van der Waals surface area contributed by atoms with E-state index in [1.807, 2.05) is 20.8 Å². The highest BCUT2D eigenvalue weighted by atomic mass is 16.4. The summed E-state index contributed by atoms with van der Waals surface area (Å²) in [7, 11) is 0. The number of carboxylic acids is 1. The van der Waals surface area contributed by atoms with Gasteiger partial charge >= 0.3 is 5.97 Å². The molecule has 0 aromatic carbocycles. The van der Waals surface area contributed by atoms with Crippen molar-refractivity contribution in [2.45, 2.75) is 71.8 Å². The monoisotopic (exact) mass is 269 g/mol. The Hall–Kier alpha value is -1.06. The van der Waals surface area contributed by atoms with Crippen molar-refractivity contribution in [3.63, 3.8) is 0 Å². The van der Waals surface area contributed by atoms with Crippen LogP contribution in [0.1, 0.15) is 65.7 Å². The van der Waals surface area contributed by atoms with Gasteiger partial charge in [-0.2, -0.15) is 0 Å². The first-order chi connectivity index (χ1) is 8.91. The molecule has 0 bridgehead atoms. The second kappa shape index (κ2) is 6.92. The van der Waals surface area contributed by atoms with Crippen molar-refractivity contribution in [1.82, 2.24) is 5.32 Å². The first kappa shape index (κ1) is 16.0. The van der Waals surface area contributed by atoms with Gasteiger partial charge in [0, 0.05) is 5.41 Å². The Balaban J connectivity index is 2.71. The molecule has 0 aromatic heterocycles. The molecule has 1 fully saturated rings. The molecule has 1 rings (SSSR count). The molecule has 0 unspecified atom stereocenters. The zero-order valence-corrected chi connectivity index (χ0v) is 12.4. The lowest BCUT2D eigenvalue weighted by molar-refractivity contribution is -0.145. The van der Waals surface area contributed by atoms with Crippen LogP contribution in [0.15, 0.2) is 0 Å². The lowest BCUT2D eigenvalue weighted by Crippen LogP contribution is -2.49. The van der Waals surface area contributed by atoms with Gasteiger partial charge in [-0.15, -0.1) is 0 Å².